The van der Waals surface area contributed by atoms with E-state index in [0.717, 1.165) is 38.6 Å². The summed E-state index contributed by atoms with van der Waals surface area (Å²) in [4.78, 5) is 39.9. The molecular weight excluding hydrogens is 284 g/mol. The van der Waals surface area contributed by atoms with Crippen LogP contribution in [-0.2, 0) is 14.4 Å². The number of rotatable bonds is 3. The zero-order valence-electron chi connectivity index (χ0n) is 13.1. The van der Waals surface area contributed by atoms with Crippen molar-refractivity contribution in [3.05, 3.63) is 0 Å². The predicted molar refractivity (Wildman–Crippen MR) is 79.0 cm³/mol. The van der Waals surface area contributed by atoms with Crippen LogP contribution < -0.4 is 0 Å². The molecule has 3 rings (SSSR count). The van der Waals surface area contributed by atoms with Gasteiger partial charge in [-0.2, -0.15) is 0 Å². The molecule has 2 atom stereocenters. The van der Waals surface area contributed by atoms with Gasteiger partial charge in [0.05, 0.1) is 5.92 Å². The van der Waals surface area contributed by atoms with E-state index in [2.05, 4.69) is 0 Å². The summed E-state index contributed by atoms with van der Waals surface area (Å²) in [7, 11) is 0. The summed E-state index contributed by atoms with van der Waals surface area (Å²) < 4.78 is 0. The first-order chi connectivity index (χ1) is 10.4. The second kappa shape index (κ2) is 5.56. The van der Waals surface area contributed by atoms with E-state index in [1.807, 2.05) is 4.90 Å². The molecule has 0 spiro atoms. The van der Waals surface area contributed by atoms with Crippen LogP contribution in [0.5, 0.6) is 0 Å². The van der Waals surface area contributed by atoms with E-state index in [1.165, 1.54) is 4.90 Å². The van der Waals surface area contributed by atoms with Crippen LogP contribution >= 0.6 is 0 Å². The van der Waals surface area contributed by atoms with E-state index in [-0.39, 0.29) is 23.7 Å². The van der Waals surface area contributed by atoms with Gasteiger partial charge in [0.25, 0.3) is 0 Å². The quantitative estimate of drug-likeness (QED) is 0.847. The lowest BCUT2D eigenvalue weighted by Gasteiger charge is -2.38. The molecule has 2 amide bonds. The minimum Gasteiger partial charge on any atom is -0.480 e. The van der Waals surface area contributed by atoms with Crippen molar-refractivity contribution < 1.29 is 19.5 Å². The summed E-state index contributed by atoms with van der Waals surface area (Å²) in [6.45, 7) is 3.33. The maximum atomic E-state index is 12.8. The molecule has 0 aromatic rings. The number of hydrogen-bond donors (Lipinski definition) is 1. The average Bonchev–Trinajstić information content (AvgIpc) is 3.28. The fourth-order valence-electron chi connectivity index (χ4n) is 3.73. The van der Waals surface area contributed by atoms with Crippen LogP contribution in [0.1, 0.15) is 45.4 Å². The van der Waals surface area contributed by atoms with Gasteiger partial charge >= 0.3 is 5.97 Å². The number of amides is 2. The van der Waals surface area contributed by atoms with Crippen molar-refractivity contribution in [3.8, 4) is 0 Å². The third-order valence-corrected chi connectivity index (χ3v) is 5.38. The van der Waals surface area contributed by atoms with Gasteiger partial charge < -0.3 is 14.9 Å². The summed E-state index contributed by atoms with van der Waals surface area (Å²) in [6.07, 6.45) is 4.75. The van der Waals surface area contributed by atoms with E-state index < -0.39 is 11.5 Å². The first kappa shape index (κ1) is 15.3. The van der Waals surface area contributed by atoms with Gasteiger partial charge in [-0.15, -0.1) is 0 Å². The van der Waals surface area contributed by atoms with Gasteiger partial charge in [0.2, 0.25) is 11.8 Å². The Morgan fingerprint density at radius 3 is 2.36 bits per heavy atom. The number of likely N-dealkylation sites (tertiary alicyclic amines) is 2. The third kappa shape index (κ3) is 2.59. The second-order valence-corrected chi connectivity index (χ2v) is 7.07. The first-order valence-electron chi connectivity index (χ1n) is 8.27. The van der Waals surface area contributed by atoms with Gasteiger partial charge in [0.1, 0.15) is 5.54 Å². The summed E-state index contributed by atoms with van der Waals surface area (Å²) in [5.74, 6) is -0.908. The smallest absolute Gasteiger partial charge is 0.329 e. The number of carboxylic acid groups (broad SMARTS) is 1. The van der Waals surface area contributed by atoms with Crippen molar-refractivity contribution in [3.63, 3.8) is 0 Å². The highest BCUT2D eigenvalue weighted by atomic mass is 16.4. The molecule has 1 aliphatic carbocycles. The summed E-state index contributed by atoms with van der Waals surface area (Å²) in [6, 6.07) is 0. The Morgan fingerprint density at radius 2 is 1.73 bits per heavy atom. The molecule has 2 aliphatic heterocycles. The zero-order chi connectivity index (χ0) is 15.9. The van der Waals surface area contributed by atoms with E-state index >= 15 is 0 Å². The Morgan fingerprint density at radius 1 is 1.00 bits per heavy atom. The number of hydrogen-bond acceptors (Lipinski definition) is 3. The van der Waals surface area contributed by atoms with Crippen molar-refractivity contribution in [1.82, 2.24) is 9.80 Å². The lowest BCUT2D eigenvalue weighted by atomic mass is 9.93. The molecule has 0 radical (unpaired) electrons. The van der Waals surface area contributed by atoms with Gasteiger partial charge in [0.15, 0.2) is 0 Å². The molecule has 0 aromatic carbocycles. The summed E-state index contributed by atoms with van der Waals surface area (Å²) in [5, 5.41) is 9.45. The van der Waals surface area contributed by atoms with Crippen LogP contribution in [0.3, 0.4) is 0 Å². The van der Waals surface area contributed by atoms with Crippen LogP contribution in [0.15, 0.2) is 0 Å². The van der Waals surface area contributed by atoms with Crippen LogP contribution in [-0.4, -0.2) is 57.9 Å². The SMILES string of the molecule is CC1(C(=O)O)CCCN1C(=O)C1CCCN(C(=O)C2CC2)C1. The highest BCUT2D eigenvalue weighted by molar-refractivity contribution is 5.89. The Kier molecular flexibility index (Phi) is 3.87. The maximum Gasteiger partial charge on any atom is 0.329 e. The Labute approximate surface area is 130 Å². The molecule has 6 nitrogen and oxygen atoms in total. The van der Waals surface area contributed by atoms with Crippen molar-refractivity contribution in [1.29, 1.82) is 0 Å². The molecular formula is C16H24N2O4. The lowest BCUT2D eigenvalue weighted by molar-refractivity contribution is -0.158. The largest absolute Gasteiger partial charge is 0.480 e. The number of piperidine rings is 1. The molecule has 3 fully saturated rings. The summed E-state index contributed by atoms with van der Waals surface area (Å²) >= 11 is 0. The number of nitrogens with zero attached hydrogens (tertiary/aromatic N) is 2. The van der Waals surface area contributed by atoms with Gasteiger partial charge in [-0.3, -0.25) is 9.59 Å². The standard InChI is InChI=1S/C16H24N2O4/c1-16(15(21)22)7-3-9-18(16)14(20)12-4-2-8-17(10-12)13(19)11-5-6-11/h11-12H,2-10H2,1H3,(H,21,22). The topological polar surface area (TPSA) is 77.9 Å². The molecule has 6 heteroatoms. The molecule has 0 aromatic heterocycles. The van der Waals surface area contributed by atoms with E-state index in [0.29, 0.717) is 19.5 Å². The van der Waals surface area contributed by atoms with Crippen LogP contribution in [0.25, 0.3) is 0 Å². The predicted octanol–water partition coefficient (Wildman–Crippen LogP) is 1.10. The molecule has 3 aliphatic rings. The Balaban J connectivity index is 1.68. The normalized spacial score (nSPS) is 32.1. The van der Waals surface area contributed by atoms with Crippen LogP contribution in [0, 0.1) is 11.8 Å². The minimum atomic E-state index is -1.08. The third-order valence-electron chi connectivity index (χ3n) is 5.38. The maximum absolute atomic E-state index is 12.8. The molecule has 2 heterocycles. The molecule has 2 saturated heterocycles. The molecule has 1 N–H and O–H groups in total. The second-order valence-electron chi connectivity index (χ2n) is 7.07. The van der Waals surface area contributed by atoms with Crippen molar-refractivity contribution in [2.45, 2.75) is 51.0 Å². The van der Waals surface area contributed by atoms with Crippen molar-refractivity contribution in [2.75, 3.05) is 19.6 Å². The Hall–Kier alpha value is -1.59. The van der Waals surface area contributed by atoms with Gasteiger partial charge in [-0.25, -0.2) is 4.79 Å². The van der Waals surface area contributed by atoms with Crippen LogP contribution in [0.2, 0.25) is 0 Å². The van der Waals surface area contributed by atoms with E-state index in [4.69, 9.17) is 0 Å². The van der Waals surface area contributed by atoms with Crippen molar-refractivity contribution in [2.24, 2.45) is 11.8 Å². The highest BCUT2D eigenvalue weighted by Gasteiger charge is 2.48. The number of aliphatic carboxylic acids is 1. The van der Waals surface area contributed by atoms with Gasteiger partial charge in [-0.1, -0.05) is 0 Å². The van der Waals surface area contributed by atoms with Crippen molar-refractivity contribution >= 4 is 17.8 Å². The highest BCUT2D eigenvalue weighted by Crippen LogP contribution is 2.35. The Bertz CT molecular complexity index is 502. The summed E-state index contributed by atoms with van der Waals surface area (Å²) in [5.41, 5.74) is -1.08. The zero-order valence-corrected chi connectivity index (χ0v) is 13.1. The molecule has 1 saturated carbocycles. The fraction of sp³-hybridized carbons (Fsp3) is 0.812. The number of carbonyl (C=O) groups excluding carboxylic acids is 2. The minimum absolute atomic E-state index is 0.0873. The average molecular weight is 308 g/mol. The molecule has 2 unspecified atom stereocenters. The number of carboxylic acids is 1. The lowest BCUT2D eigenvalue weighted by Crippen LogP contribution is -2.55. The molecule has 122 valence electrons. The van der Waals surface area contributed by atoms with Gasteiger partial charge in [-0.05, 0) is 45.4 Å². The van der Waals surface area contributed by atoms with Crippen LogP contribution in [0.4, 0.5) is 0 Å². The molecule has 22 heavy (non-hydrogen) atoms. The van der Waals surface area contributed by atoms with Gasteiger partial charge in [0, 0.05) is 25.6 Å². The first-order valence-corrected chi connectivity index (χ1v) is 8.27. The number of carbonyl (C=O) groups is 3. The van der Waals surface area contributed by atoms with E-state index in [1.54, 1.807) is 6.92 Å². The molecule has 0 bridgehead atoms. The van der Waals surface area contributed by atoms with E-state index in [9.17, 15) is 19.5 Å². The monoisotopic (exact) mass is 308 g/mol. The fourth-order valence-corrected chi connectivity index (χ4v) is 3.73.